The molecule has 144 valence electrons. The Morgan fingerprint density at radius 3 is 2.37 bits per heavy atom. The van der Waals surface area contributed by atoms with E-state index in [1.807, 2.05) is 6.07 Å². The number of amides is 1. The molecule has 6 heteroatoms. The molecule has 0 spiro atoms. The van der Waals surface area contributed by atoms with Crippen LogP contribution in [0.5, 0.6) is 11.5 Å². The summed E-state index contributed by atoms with van der Waals surface area (Å²) in [6.45, 7) is 2.61. The average Bonchev–Trinajstić information content (AvgIpc) is 3.10. The van der Waals surface area contributed by atoms with Crippen molar-refractivity contribution in [1.29, 1.82) is 0 Å². The van der Waals surface area contributed by atoms with Gasteiger partial charge in [-0.3, -0.25) is 9.69 Å². The number of carbonyl (C=O) groups is 1. The average molecular weight is 369 g/mol. The number of likely N-dealkylation sites (tertiary alicyclic amines) is 1. The van der Waals surface area contributed by atoms with Gasteiger partial charge in [-0.05, 0) is 18.0 Å². The Morgan fingerprint density at radius 1 is 1.11 bits per heavy atom. The molecule has 2 aromatic carbocycles. The fraction of sp³-hybridized carbons (Fsp3) is 0.381. The first-order chi connectivity index (χ1) is 13.1. The van der Waals surface area contributed by atoms with Crippen molar-refractivity contribution in [3.05, 3.63) is 54.1 Å². The lowest BCUT2D eigenvalue weighted by molar-refractivity contribution is -0.117. The predicted molar refractivity (Wildman–Crippen MR) is 106 cm³/mol. The van der Waals surface area contributed by atoms with Crippen LogP contribution < -0.4 is 20.5 Å². The number of nitrogens with zero attached hydrogens (tertiary/aromatic N) is 1. The molecule has 0 unspecified atom stereocenters. The molecule has 1 fully saturated rings. The van der Waals surface area contributed by atoms with Crippen LogP contribution in [0.3, 0.4) is 0 Å². The minimum Gasteiger partial charge on any atom is -0.497 e. The third kappa shape index (κ3) is 4.78. The minimum absolute atomic E-state index is 0.0604. The van der Waals surface area contributed by atoms with Gasteiger partial charge in [0.15, 0.2) is 0 Å². The molecular weight excluding hydrogens is 342 g/mol. The molecule has 3 rings (SSSR count). The van der Waals surface area contributed by atoms with Crippen molar-refractivity contribution in [2.24, 2.45) is 11.7 Å². The molecule has 2 aromatic rings. The second-order valence-electron chi connectivity index (χ2n) is 6.86. The van der Waals surface area contributed by atoms with E-state index in [9.17, 15) is 4.79 Å². The number of ether oxygens (including phenoxy) is 2. The van der Waals surface area contributed by atoms with Crippen LogP contribution in [-0.4, -0.2) is 51.2 Å². The molecule has 0 bridgehead atoms. The maximum Gasteiger partial charge on any atom is 0.238 e. The zero-order valence-corrected chi connectivity index (χ0v) is 15.9. The lowest BCUT2D eigenvalue weighted by atomic mass is 9.89. The molecule has 1 aliphatic rings. The molecule has 3 N–H and O–H groups in total. The number of nitrogens with two attached hydrogens (primary N) is 1. The van der Waals surface area contributed by atoms with Crippen molar-refractivity contribution >= 4 is 11.6 Å². The van der Waals surface area contributed by atoms with Crippen LogP contribution >= 0.6 is 0 Å². The van der Waals surface area contributed by atoms with Crippen molar-refractivity contribution in [1.82, 2.24) is 4.90 Å². The first kappa shape index (κ1) is 19.2. The molecule has 0 aliphatic carbocycles. The van der Waals surface area contributed by atoms with Gasteiger partial charge < -0.3 is 20.5 Å². The normalized spacial score (nSPS) is 19.7. The standard InChI is InChI=1S/C21H27N3O3/c1-26-18-8-17(9-19(10-18)27-2)23-21(25)14-24-12-16(11-22)20(13-24)15-6-4-3-5-7-15/h3-10,16,20H,11-14,22H2,1-2H3,(H,23,25)/t16-,20+/m1/s1. The molecule has 2 atom stereocenters. The summed E-state index contributed by atoms with van der Waals surface area (Å²) in [4.78, 5) is 14.7. The Morgan fingerprint density at radius 2 is 1.78 bits per heavy atom. The second-order valence-corrected chi connectivity index (χ2v) is 6.86. The molecule has 1 heterocycles. The zero-order valence-electron chi connectivity index (χ0n) is 15.9. The summed E-state index contributed by atoms with van der Waals surface area (Å²) in [5.74, 6) is 1.93. The quantitative estimate of drug-likeness (QED) is 0.783. The van der Waals surface area contributed by atoms with E-state index in [0.29, 0.717) is 42.1 Å². The van der Waals surface area contributed by atoms with E-state index in [-0.39, 0.29) is 5.91 Å². The third-order valence-corrected chi connectivity index (χ3v) is 5.05. The molecule has 6 nitrogen and oxygen atoms in total. The predicted octanol–water partition coefficient (Wildman–Crippen LogP) is 2.32. The first-order valence-corrected chi connectivity index (χ1v) is 9.13. The second kappa shape index (κ2) is 8.88. The van der Waals surface area contributed by atoms with E-state index >= 15 is 0 Å². The van der Waals surface area contributed by atoms with Crippen LogP contribution in [0.4, 0.5) is 5.69 Å². The highest BCUT2D eigenvalue weighted by atomic mass is 16.5. The Hall–Kier alpha value is -2.57. The molecule has 0 saturated carbocycles. The molecule has 27 heavy (non-hydrogen) atoms. The molecule has 1 aliphatic heterocycles. The first-order valence-electron chi connectivity index (χ1n) is 9.13. The van der Waals surface area contributed by atoms with Crippen LogP contribution in [0, 0.1) is 5.92 Å². The number of hydrogen-bond acceptors (Lipinski definition) is 5. The number of hydrogen-bond donors (Lipinski definition) is 2. The number of nitrogens with one attached hydrogen (secondary N) is 1. The van der Waals surface area contributed by atoms with E-state index in [1.165, 1.54) is 5.56 Å². The number of rotatable bonds is 7. The molecule has 0 radical (unpaired) electrons. The maximum absolute atomic E-state index is 12.5. The smallest absolute Gasteiger partial charge is 0.238 e. The van der Waals surface area contributed by atoms with Gasteiger partial charge >= 0.3 is 0 Å². The maximum atomic E-state index is 12.5. The highest BCUT2D eigenvalue weighted by Crippen LogP contribution is 2.32. The van der Waals surface area contributed by atoms with Gasteiger partial charge in [0.2, 0.25) is 5.91 Å². The van der Waals surface area contributed by atoms with Gasteiger partial charge in [-0.2, -0.15) is 0 Å². The van der Waals surface area contributed by atoms with Gasteiger partial charge in [0, 0.05) is 42.9 Å². The highest BCUT2D eigenvalue weighted by Gasteiger charge is 2.33. The van der Waals surface area contributed by atoms with E-state index < -0.39 is 0 Å². The van der Waals surface area contributed by atoms with Crippen molar-refractivity contribution in [2.45, 2.75) is 5.92 Å². The van der Waals surface area contributed by atoms with Crippen LogP contribution in [-0.2, 0) is 4.79 Å². The number of methoxy groups -OCH3 is 2. The molecule has 1 amide bonds. The summed E-state index contributed by atoms with van der Waals surface area (Å²) in [6.07, 6.45) is 0. The monoisotopic (exact) mass is 369 g/mol. The van der Waals surface area contributed by atoms with Gasteiger partial charge in [-0.25, -0.2) is 0 Å². The lowest BCUT2D eigenvalue weighted by Crippen LogP contribution is -2.32. The Labute approximate surface area is 160 Å². The summed E-state index contributed by atoms with van der Waals surface area (Å²) >= 11 is 0. The van der Waals surface area contributed by atoms with Crippen molar-refractivity contribution in [3.63, 3.8) is 0 Å². The zero-order chi connectivity index (χ0) is 19.2. The van der Waals surface area contributed by atoms with E-state index in [4.69, 9.17) is 15.2 Å². The van der Waals surface area contributed by atoms with Crippen molar-refractivity contribution in [3.8, 4) is 11.5 Å². The SMILES string of the molecule is COc1cc(NC(=O)CN2C[C@@H](CN)[C@H](c3ccccc3)C2)cc(OC)c1. The van der Waals surface area contributed by atoms with E-state index in [2.05, 4.69) is 34.5 Å². The summed E-state index contributed by atoms with van der Waals surface area (Å²) in [5.41, 5.74) is 7.93. The van der Waals surface area contributed by atoms with Gasteiger partial charge in [0.05, 0.1) is 20.8 Å². The van der Waals surface area contributed by atoms with Crippen LogP contribution in [0.2, 0.25) is 0 Å². The van der Waals surface area contributed by atoms with Crippen molar-refractivity contribution < 1.29 is 14.3 Å². The topological polar surface area (TPSA) is 76.8 Å². The Bertz CT molecular complexity index is 744. The molecular formula is C21H27N3O3. The van der Waals surface area contributed by atoms with Gasteiger partial charge in [-0.15, -0.1) is 0 Å². The Kier molecular flexibility index (Phi) is 6.32. The van der Waals surface area contributed by atoms with Crippen LogP contribution in [0.15, 0.2) is 48.5 Å². The number of carbonyl (C=O) groups excluding carboxylic acids is 1. The minimum atomic E-state index is -0.0604. The van der Waals surface area contributed by atoms with Crippen LogP contribution in [0.25, 0.3) is 0 Å². The molecule has 1 saturated heterocycles. The fourth-order valence-electron chi connectivity index (χ4n) is 3.69. The molecule has 0 aromatic heterocycles. The van der Waals surface area contributed by atoms with Gasteiger partial charge in [-0.1, -0.05) is 30.3 Å². The highest BCUT2D eigenvalue weighted by molar-refractivity contribution is 5.92. The summed E-state index contributed by atoms with van der Waals surface area (Å²) < 4.78 is 10.5. The summed E-state index contributed by atoms with van der Waals surface area (Å²) in [5, 5.41) is 2.93. The van der Waals surface area contributed by atoms with E-state index in [1.54, 1.807) is 32.4 Å². The van der Waals surface area contributed by atoms with Gasteiger partial charge in [0.1, 0.15) is 11.5 Å². The fourth-order valence-corrected chi connectivity index (χ4v) is 3.69. The largest absolute Gasteiger partial charge is 0.497 e. The Balaban J connectivity index is 1.63. The lowest BCUT2D eigenvalue weighted by Gasteiger charge is -2.17. The van der Waals surface area contributed by atoms with Crippen LogP contribution in [0.1, 0.15) is 11.5 Å². The number of benzene rings is 2. The summed E-state index contributed by atoms with van der Waals surface area (Å²) in [7, 11) is 3.17. The third-order valence-electron chi connectivity index (χ3n) is 5.05. The van der Waals surface area contributed by atoms with Crippen molar-refractivity contribution in [2.75, 3.05) is 45.7 Å². The van der Waals surface area contributed by atoms with E-state index in [0.717, 1.165) is 13.1 Å². The number of anilines is 1. The van der Waals surface area contributed by atoms with Gasteiger partial charge in [0.25, 0.3) is 0 Å². The summed E-state index contributed by atoms with van der Waals surface area (Å²) in [6, 6.07) is 15.7.